The molecule has 1 aromatic carbocycles. The number of benzene rings is 1. The van der Waals surface area contributed by atoms with Crippen LogP contribution in [0.25, 0.3) is 0 Å². The number of aliphatic carboxylic acids is 1. The fourth-order valence-electron chi connectivity index (χ4n) is 2.10. The average Bonchev–Trinajstić information content (AvgIpc) is 2.48. The highest BCUT2D eigenvalue weighted by molar-refractivity contribution is 6.32. The molecular formula is C16H22ClNO5. The third-order valence-corrected chi connectivity index (χ3v) is 3.50. The molecule has 1 N–H and O–H groups in total. The quantitative estimate of drug-likeness (QED) is 0.785. The van der Waals surface area contributed by atoms with Gasteiger partial charge in [0.15, 0.2) is 11.5 Å². The number of methoxy groups -OCH3 is 1. The van der Waals surface area contributed by atoms with Crippen LogP contribution in [0.3, 0.4) is 0 Å². The second-order valence-electron chi connectivity index (χ2n) is 5.16. The van der Waals surface area contributed by atoms with Gasteiger partial charge in [-0.05, 0) is 32.9 Å². The molecule has 0 unspecified atom stereocenters. The molecule has 0 saturated heterocycles. The summed E-state index contributed by atoms with van der Waals surface area (Å²) in [7, 11) is 1.47. The summed E-state index contributed by atoms with van der Waals surface area (Å²) in [5.74, 6) is -0.505. The van der Waals surface area contributed by atoms with E-state index >= 15 is 0 Å². The Kier molecular flexibility index (Phi) is 7.16. The standard InChI is InChI=1S/C16H22ClNO5/c1-5-23-15-12(17)8-11(9-13(15)22-4)16(21)18(10(2)3)7-6-14(19)20/h8-10H,5-7H2,1-4H3,(H,19,20). The molecule has 0 atom stereocenters. The molecule has 0 bridgehead atoms. The molecule has 6 nitrogen and oxygen atoms in total. The Morgan fingerprint density at radius 1 is 1.35 bits per heavy atom. The maximum absolute atomic E-state index is 12.7. The van der Waals surface area contributed by atoms with E-state index in [1.165, 1.54) is 18.1 Å². The van der Waals surface area contributed by atoms with Crippen LogP contribution >= 0.6 is 11.6 Å². The first-order valence-electron chi connectivity index (χ1n) is 7.34. The average molecular weight is 344 g/mol. The van der Waals surface area contributed by atoms with Crippen LogP contribution in [0, 0.1) is 0 Å². The second-order valence-corrected chi connectivity index (χ2v) is 5.57. The first kappa shape index (κ1) is 19.1. The molecule has 0 heterocycles. The summed E-state index contributed by atoms with van der Waals surface area (Å²) in [6.45, 7) is 6.01. The smallest absolute Gasteiger partial charge is 0.305 e. The fraction of sp³-hybridized carbons (Fsp3) is 0.500. The highest BCUT2D eigenvalue weighted by atomic mass is 35.5. The van der Waals surface area contributed by atoms with Crippen molar-refractivity contribution >= 4 is 23.5 Å². The number of carbonyl (C=O) groups excluding carboxylic acids is 1. The Bertz CT molecular complexity index is 574. The van der Waals surface area contributed by atoms with Gasteiger partial charge >= 0.3 is 5.97 Å². The summed E-state index contributed by atoms with van der Waals surface area (Å²) in [5.41, 5.74) is 0.328. The zero-order valence-corrected chi connectivity index (χ0v) is 14.5. The molecule has 1 rings (SSSR count). The number of carbonyl (C=O) groups is 2. The zero-order valence-electron chi connectivity index (χ0n) is 13.8. The summed E-state index contributed by atoms with van der Waals surface area (Å²) in [5, 5.41) is 9.10. The number of amides is 1. The van der Waals surface area contributed by atoms with E-state index in [9.17, 15) is 9.59 Å². The number of carboxylic acids is 1. The number of nitrogens with zero attached hydrogens (tertiary/aromatic N) is 1. The van der Waals surface area contributed by atoms with Gasteiger partial charge in [-0.25, -0.2) is 0 Å². The van der Waals surface area contributed by atoms with Crippen molar-refractivity contribution in [2.24, 2.45) is 0 Å². The third-order valence-electron chi connectivity index (χ3n) is 3.22. The van der Waals surface area contributed by atoms with Gasteiger partial charge in [0.25, 0.3) is 5.91 Å². The van der Waals surface area contributed by atoms with Crippen LogP contribution in [0.5, 0.6) is 11.5 Å². The molecular weight excluding hydrogens is 322 g/mol. The summed E-state index contributed by atoms with van der Waals surface area (Å²) >= 11 is 6.18. The lowest BCUT2D eigenvalue weighted by Crippen LogP contribution is -2.38. The van der Waals surface area contributed by atoms with E-state index in [1.54, 1.807) is 6.07 Å². The minimum absolute atomic E-state index is 0.119. The van der Waals surface area contributed by atoms with E-state index in [0.29, 0.717) is 23.7 Å². The Morgan fingerprint density at radius 3 is 2.48 bits per heavy atom. The molecule has 1 aromatic rings. The van der Waals surface area contributed by atoms with Crippen molar-refractivity contribution in [3.8, 4) is 11.5 Å². The topological polar surface area (TPSA) is 76.1 Å². The maximum Gasteiger partial charge on any atom is 0.305 e. The summed E-state index contributed by atoms with van der Waals surface area (Å²) in [6.07, 6.45) is -0.119. The Morgan fingerprint density at radius 2 is 2.00 bits per heavy atom. The molecule has 0 aliphatic rings. The fourth-order valence-corrected chi connectivity index (χ4v) is 2.37. The van der Waals surface area contributed by atoms with Gasteiger partial charge in [-0.15, -0.1) is 0 Å². The largest absolute Gasteiger partial charge is 0.493 e. The number of halogens is 1. The Labute approximate surface area is 140 Å². The van der Waals surface area contributed by atoms with Crippen molar-refractivity contribution in [2.45, 2.75) is 33.2 Å². The Balaban J connectivity index is 3.14. The van der Waals surface area contributed by atoms with E-state index in [1.807, 2.05) is 20.8 Å². The van der Waals surface area contributed by atoms with Crippen molar-refractivity contribution in [3.63, 3.8) is 0 Å². The van der Waals surface area contributed by atoms with Gasteiger partial charge in [-0.1, -0.05) is 11.6 Å². The molecule has 0 saturated carbocycles. The van der Waals surface area contributed by atoms with Crippen molar-refractivity contribution in [1.29, 1.82) is 0 Å². The van der Waals surface area contributed by atoms with E-state index in [2.05, 4.69) is 0 Å². The molecule has 0 aliphatic heterocycles. The van der Waals surface area contributed by atoms with Gasteiger partial charge in [0.1, 0.15) is 0 Å². The minimum Gasteiger partial charge on any atom is -0.493 e. The lowest BCUT2D eigenvalue weighted by atomic mass is 10.1. The van der Waals surface area contributed by atoms with Gasteiger partial charge < -0.3 is 19.5 Å². The van der Waals surface area contributed by atoms with Crippen LogP contribution < -0.4 is 9.47 Å². The molecule has 128 valence electrons. The van der Waals surface area contributed by atoms with E-state index in [-0.39, 0.29) is 29.9 Å². The molecule has 7 heteroatoms. The van der Waals surface area contributed by atoms with Crippen molar-refractivity contribution < 1.29 is 24.2 Å². The number of ether oxygens (including phenoxy) is 2. The van der Waals surface area contributed by atoms with Gasteiger partial charge in [-0.3, -0.25) is 9.59 Å². The van der Waals surface area contributed by atoms with E-state index in [4.69, 9.17) is 26.2 Å². The maximum atomic E-state index is 12.7. The monoisotopic (exact) mass is 343 g/mol. The second kappa shape index (κ2) is 8.62. The molecule has 0 spiro atoms. The summed E-state index contributed by atoms with van der Waals surface area (Å²) in [6, 6.07) is 2.92. The van der Waals surface area contributed by atoms with Crippen LogP contribution in [0.4, 0.5) is 0 Å². The SMILES string of the molecule is CCOc1c(Cl)cc(C(=O)N(CCC(=O)O)C(C)C)cc1OC. The number of carboxylic acid groups (broad SMARTS) is 1. The molecule has 0 radical (unpaired) electrons. The normalized spacial score (nSPS) is 10.5. The van der Waals surface area contributed by atoms with Crippen LogP contribution in [0.1, 0.15) is 37.6 Å². The number of hydrogen-bond donors (Lipinski definition) is 1. The number of rotatable bonds is 8. The van der Waals surface area contributed by atoms with Crippen molar-refractivity contribution in [3.05, 3.63) is 22.7 Å². The predicted octanol–water partition coefficient (Wildman–Crippen LogP) is 3.07. The first-order valence-corrected chi connectivity index (χ1v) is 7.72. The van der Waals surface area contributed by atoms with Crippen LogP contribution in [0.2, 0.25) is 5.02 Å². The molecule has 0 fully saturated rings. The summed E-state index contributed by atoms with van der Waals surface area (Å²) < 4.78 is 10.7. The number of hydrogen-bond acceptors (Lipinski definition) is 4. The lowest BCUT2D eigenvalue weighted by molar-refractivity contribution is -0.137. The Hall–Kier alpha value is -1.95. The van der Waals surface area contributed by atoms with Gasteiger partial charge in [-0.2, -0.15) is 0 Å². The predicted molar refractivity (Wildman–Crippen MR) is 87.6 cm³/mol. The third kappa shape index (κ3) is 5.03. The van der Waals surface area contributed by atoms with E-state index < -0.39 is 5.97 Å². The molecule has 23 heavy (non-hydrogen) atoms. The summed E-state index contributed by atoms with van der Waals surface area (Å²) in [4.78, 5) is 24.9. The highest BCUT2D eigenvalue weighted by Crippen LogP contribution is 2.36. The van der Waals surface area contributed by atoms with Gasteiger partial charge in [0.2, 0.25) is 0 Å². The van der Waals surface area contributed by atoms with Gasteiger partial charge in [0, 0.05) is 18.2 Å². The van der Waals surface area contributed by atoms with Crippen LogP contribution in [-0.2, 0) is 4.79 Å². The van der Waals surface area contributed by atoms with Crippen LogP contribution in [-0.4, -0.2) is 48.2 Å². The van der Waals surface area contributed by atoms with Gasteiger partial charge in [0.05, 0.1) is 25.2 Å². The molecule has 1 amide bonds. The first-order chi connectivity index (χ1) is 10.8. The zero-order chi connectivity index (χ0) is 17.6. The molecule has 0 aliphatic carbocycles. The molecule has 0 aromatic heterocycles. The van der Waals surface area contributed by atoms with E-state index in [0.717, 1.165) is 0 Å². The van der Waals surface area contributed by atoms with Crippen molar-refractivity contribution in [1.82, 2.24) is 4.90 Å². The van der Waals surface area contributed by atoms with Crippen LogP contribution in [0.15, 0.2) is 12.1 Å². The highest BCUT2D eigenvalue weighted by Gasteiger charge is 2.22. The lowest BCUT2D eigenvalue weighted by Gasteiger charge is -2.26. The minimum atomic E-state index is -0.953. The van der Waals surface area contributed by atoms with Crippen molar-refractivity contribution in [2.75, 3.05) is 20.3 Å².